The summed E-state index contributed by atoms with van der Waals surface area (Å²) in [6, 6.07) is 5.59. The summed E-state index contributed by atoms with van der Waals surface area (Å²) in [5.41, 5.74) is 0.970. The van der Waals surface area contributed by atoms with Crippen LogP contribution in [0.1, 0.15) is 35.2 Å². The standard InChI is InChI=1S/C20H24FN5O3/c1-22-20-24-10-14(11-25-20)19(29)26-16-6-5-13(8-17(16)27)18(28)23-9-12-3-2-4-15(21)7-12/h2-4,7,10-11,13,16-17,27H,5-6,8-9H2,1H3,(H,23,28)(H,26,29)(H,22,24,25)/t13-,16-,17-/m0/s1. The van der Waals surface area contributed by atoms with Gasteiger partial charge in [-0.05, 0) is 37.0 Å². The van der Waals surface area contributed by atoms with Crippen molar-refractivity contribution in [3.05, 3.63) is 53.6 Å². The molecule has 8 nitrogen and oxygen atoms in total. The van der Waals surface area contributed by atoms with E-state index >= 15 is 0 Å². The van der Waals surface area contributed by atoms with Crippen LogP contribution in [0.5, 0.6) is 0 Å². The van der Waals surface area contributed by atoms with E-state index in [-0.39, 0.29) is 36.5 Å². The van der Waals surface area contributed by atoms with Crippen LogP contribution in [0.25, 0.3) is 0 Å². The molecule has 0 spiro atoms. The van der Waals surface area contributed by atoms with Gasteiger partial charge in [0, 0.05) is 31.9 Å². The van der Waals surface area contributed by atoms with Crippen molar-refractivity contribution in [3.8, 4) is 0 Å². The maximum Gasteiger partial charge on any atom is 0.254 e. The van der Waals surface area contributed by atoms with Gasteiger partial charge in [-0.2, -0.15) is 0 Å². The maximum absolute atomic E-state index is 13.2. The third-order valence-electron chi connectivity index (χ3n) is 5.00. The highest BCUT2D eigenvalue weighted by Crippen LogP contribution is 2.25. The molecule has 29 heavy (non-hydrogen) atoms. The highest BCUT2D eigenvalue weighted by molar-refractivity contribution is 5.93. The molecule has 1 saturated carbocycles. The smallest absolute Gasteiger partial charge is 0.254 e. The first kappa shape index (κ1) is 20.7. The number of rotatable bonds is 6. The molecule has 0 unspecified atom stereocenters. The van der Waals surface area contributed by atoms with Gasteiger partial charge in [-0.15, -0.1) is 0 Å². The normalized spacial score (nSPS) is 21.3. The Hall–Kier alpha value is -3.07. The van der Waals surface area contributed by atoms with Gasteiger partial charge in [-0.1, -0.05) is 12.1 Å². The number of hydrogen-bond donors (Lipinski definition) is 4. The minimum absolute atomic E-state index is 0.186. The highest BCUT2D eigenvalue weighted by atomic mass is 19.1. The Labute approximate surface area is 168 Å². The summed E-state index contributed by atoms with van der Waals surface area (Å²) in [7, 11) is 1.68. The molecule has 154 valence electrons. The van der Waals surface area contributed by atoms with E-state index in [0.717, 1.165) is 0 Å². The molecule has 0 saturated heterocycles. The largest absolute Gasteiger partial charge is 0.391 e. The molecule has 0 aliphatic heterocycles. The van der Waals surface area contributed by atoms with Crippen molar-refractivity contribution in [2.24, 2.45) is 5.92 Å². The molecule has 1 aliphatic carbocycles. The Morgan fingerprint density at radius 3 is 2.66 bits per heavy atom. The fraction of sp³-hybridized carbons (Fsp3) is 0.400. The summed E-state index contributed by atoms with van der Waals surface area (Å²) in [6.07, 6.45) is 3.23. The summed E-state index contributed by atoms with van der Waals surface area (Å²) in [5.74, 6) is -0.856. The van der Waals surface area contributed by atoms with Crippen LogP contribution < -0.4 is 16.0 Å². The Morgan fingerprint density at radius 1 is 1.24 bits per heavy atom. The van der Waals surface area contributed by atoms with E-state index < -0.39 is 12.1 Å². The van der Waals surface area contributed by atoms with Crippen molar-refractivity contribution in [2.45, 2.75) is 38.0 Å². The molecule has 1 aliphatic rings. The van der Waals surface area contributed by atoms with Crippen LogP contribution in [0, 0.1) is 11.7 Å². The lowest BCUT2D eigenvalue weighted by Gasteiger charge is -2.33. The van der Waals surface area contributed by atoms with Gasteiger partial charge in [-0.3, -0.25) is 9.59 Å². The van der Waals surface area contributed by atoms with E-state index in [9.17, 15) is 19.1 Å². The van der Waals surface area contributed by atoms with Crippen molar-refractivity contribution in [3.63, 3.8) is 0 Å². The number of nitrogens with zero attached hydrogens (tertiary/aromatic N) is 2. The monoisotopic (exact) mass is 401 g/mol. The summed E-state index contributed by atoms with van der Waals surface area (Å²) in [4.78, 5) is 32.7. The Bertz CT molecular complexity index is 861. The Kier molecular flexibility index (Phi) is 6.71. The second-order valence-corrected chi connectivity index (χ2v) is 7.05. The van der Waals surface area contributed by atoms with Gasteiger partial charge in [0.1, 0.15) is 5.82 Å². The number of carbonyl (C=O) groups is 2. The van der Waals surface area contributed by atoms with Crippen LogP contribution in [0.3, 0.4) is 0 Å². The second-order valence-electron chi connectivity index (χ2n) is 7.05. The molecular formula is C20H24FN5O3. The molecule has 3 rings (SSSR count). The lowest BCUT2D eigenvalue weighted by atomic mass is 9.83. The van der Waals surface area contributed by atoms with Gasteiger partial charge < -0.3 is 21.1 Å². The van der Waals surface area contributed by atoms with Gasteiger partial charge >= 0.3 is 0 Å². The molecule has 1 heterocycles. The van der Waals surface area contributed by atoms with Gasteiger partial charge in [0.15, 0.2) is 0 Å². The van der Waals surface area contributed by atoms with Crippen LogP contribution in [0.4, 0.5) is 10.3 Å². The van der Waals surface area contributed by atoms with Crippen molar-refractivity contribution >= 4 is 17.8 Å². The van der Waals surface area contributed by atoms with E-state index in [1.807, 2.05) is 0 Å². The van der Waals surface area contributed by atoms with Crippen molar-refractivity contribution < 1.29 is 19.1 Å². The number of anilines is 1. The van der Waals surface area contributed by atoms with Crippen LogP contribution in [-0.2, 0) is 11.3 Å². The topological polar surface area (TPSA) is 116 Å². The van der Waals surface area contributed by atoms with Gasteiger partial charge in [0.2, 0.25) is 11.9 Å². The first-order chi connectivity index (χ1) is 14.0. The number of halogens is 1. The van der Waals surface area contributed by atoms with Crippen molar-refractivity contribution in [1.82, 2.24) is 20.6 Å². The van der Waals surface area contributed by atoms with E-state index in [0.29, 0.717) is 29.9 Å². The summed E-state index contributed by atoms with van der Waals surface area (Å²) in [5, 5.41) is 18.7. The summed E-state index contributed by atoms with van der Waals surface area (Å²) < 4.78 is 13.2. The summed E-state index contributed by atoms with van der Waals surface area (Å²) in [6.45, 7) is 0.228. The van der Waals surface area contributed by atoms with E-state index in [1.54, 1.807) is 19.2 Å². The minimum atomic E-state index is -0.838. The SMILES string of the molecule is CNc1ncc(C(=O)N[C@H]2CC[C@H](C(=O)NCc3cccc(F)c3)C[C@@H]2O)cn1. The predicted octanol–water partition coefficient (Wildman–Crippen LogP) is 1.23. The lowest BCUT2D eigenvalue weighted by Crippen LogP contribution is -2.49. The van der Waals surface area contributed by atoms with Gasteiger partial charge in [0.25, 0.3) is 5.91 Å². The molecule has 1 aromatic heterocycles. The van der Waals surface area contributed by atoms with Crippen LogP contribution >= 0.6 is 0 Å². The molecular weight excluding hydrogens is 377 g/mol. The molecule has 9 heteroatoms. The van der Waals surface area contributed by atoms with E-state index in [1.165, 1.54) is 24.5 Å². The van der Waals surface area contributed by atoms with Gasteiger partial charge in [0.05, 0.1) is 17.7 Å². The van der Waals surface area contributed by atoms with Gasteiger partial charge in [-0.25, -0.2) is 14.4 Å². The second kappa shape index (κ2) is 9.42. The van der Waals surface area contributed by atoms with Crippen molar-refractivity contribution in [2.75, 3.05) is 12.4 Å². The fourth-order valence-electron chi connectivity index (χ4n) is 3.36. The zero-order valence-electron chi connectivity index (χ0n) is 16.1. The number of amides is 2. The number of hydrogen-bond acceptors (Lipinski definition) is 6. The number of carbonyl (C=O) groups excluding carboxylic acids is 2. The average molecular weight is 401 g/mol. The van der Waals surface area contributed by atoms with Crippen LogP contribution in [-0.4, -0.2) is 46.1 Å². The number of aromatic nitrogens is 2. The molecule has 4 N–H and O–H groups in total. The number of benzene rings is 1. The molecule has 0 bridgehead atoms. The summed E-state index contributed by atoms with van der Waals surface area (Å²) >= 11 is 0. The molecule has 2 amide bonds. The average Bonchev–Trinajstić information content (AvgIpc) is 2.73. The minimum Gasteiger partial charge on any atom is -0.391 e. The third-order valence-corrected chi connectivity index (χ3v) is 5.00. The van der Waals surface area contributed by atoms with Crippen molar-refractivity contribution in [1.29, 1.82) is 0 Å². The first-order valence-electron chi connectivity index (χ1n) is 9.47. The van der Waals surface area contributed by atoms with Crippen LogP contribution in [0.2, 0.25) is 0 Å². The van der Waals surface area contributed by atoms with E-state index in [4.69, 9.17) is 0 Å². The quantitative estimate of drug-likeness (QED) is 0.579. The van der Waals surface area contributed by atoms with Crippen LogP contribution in [0.15, 0.2) is 36.7 Å². The Morgan fingerprint density at radius 2 is 2.00 bits per heavy atom. The zero-order chi connectivity index (χ0) is 20.8. The molecule has 1 aromatic carbocycles. The van der Waals surface area contributed by atoms with E-state index in [2.05, 4.69) is 25.9 Å². The molecule has 0 radical (unpaired) electrons. The first-order valence-corrected chi connectivity index (χ1v) is 9.47. The number of aliphatic hydroxyl groups is 1. The molecule has 2 aromatic rings. The lowest BCUT2D eigenvalue weighted by molar-refractivity contribution is -0.127. The Balaban J connectivity index is 1.49. The number of aliphatic hydroxyl groups excluding tert-OH is 1. The molecule has 1 fully saturated rings. The maximum atomic E-state index is 13.2. The molecule has 3 atom stereocenters. The number of nitrogens with one attached hydrogen (secondary N) is 3. The third kappa shape index (κ3) is 5.47. The highest BCUT2D eigenvalue weighted by Gasteiger charge is 2.33. The predicted molar refractivity (Wildman–Crippen MR) is 104 cm³/mol. The fourth-order valence-corrected chi connectivity index (χ4v) is 3.36. The zero-order valence-corrected chi connectivity index (χ0v) is 16.1.